The van der Waals surface area contributed by atoms with Crippen LogP contribution in [-0.4, -0.2) is 17.7 Å². The van der Waals surface area contributed by atoms with E-state index in [0.717, 1.165) is 10.9 Å². The Morgan fingerprint density at radius 1 is 0.391 bits per heavy atom. The summed E-state index contributed by atoms with van der Waals surface area (Å²) in [5.74, 6) is -71.8. The highest BCUT2D eigenvalue weighted by molar-refractivity contribution is 7.20. The molecular formula is C44H15BF20N2O2. The van der Waals surface area contributed by atoms with Gasteiger partial charge in [0, 0.05) is 23.1 Å². The molecule has 4 nitrogen and oxygen atoms in total. The number of benzene rings is 6. The van der Waals surface area contributed by atoms with E-state index in [4.69, 9.17) is 5.26 Å². The number of ketones is 2. The van der Waals surface area contributed by atoms with Crippen molar-refractivity contribution in [3.8, 4) is 6.07 Å². The van der Waals surface area contributed by atoms with Crippen LogP contribution in [0.3, 0.4) is 0 Å². The van der Waals surface area contributed by atoms with Crippen LogP contribution in [0.4, 0.5) is 87.8 Å². The van der Waals surface area contributed by atoms with Crippen LogP contribution in [0, 0.1) is 128 Å². The third-order valence-corrected chi connectivity index (χ3v) is 10.6. The van der Waals surface area contributed by atoms with E-state index >= 15 is 35.1 Å². The number of nitrogens with zero attached hydrogens (tertiary/aromatic N) is 2. The minimum Gasteiger partial charge on any atom is -0.287 e. The molecule has 69 heavy (non-hydrogen) atoms. The van der Waals surface area contributed by atoms with Gasteiger partial charge in [0.25, 0.3) is 5.69 Å². The summed E-state index contributed by atoms with van der Waals surface area (Å²) in [6.45, 7) is 0.0534. The molecule has 0 saturated carbocycles. The van der Waals surface area contributed by atoms with E-state index in [2.05, 4.69) is 0 Å². The van der Waals surface area contributed by atoms with E-state index in [-0.39, 0.29) is 24.5 Å². The summed E-state index contributed by atoms with van der Waals surface area (Å²) in [5, 5.41) is 9.75. The fraction of sp³-hybridized carbons (Fsp3) is 0.0455. The van der Waals surface area contributed by atoms with Crippen molar-refractivity contribution in [2.75, 3.05) is 0 Å². The third-order valence-electron chi connectivity index (χ3n) is 10.6. The average molecular weight is 994 g/mol. The molecule has 0 radical (unpaired) electrons. The fourth-order valence-corrected chi connectivity index (χ4v) is 7.57. The second-order valence-electron chi connectivity index (χ2n) is 14.2. The summed E-state index contributed by atoms with van der Waals surface area (Å²) in [6.07, 6.45) is -7.43. The SMILES string of the molecule is Fc1c(F)c(F)c([B-](c2c(F)c(F)c(F)c(F)c2F)(c2c(F)c(F)c(F)c(F)c2F)c2c(F)c(F)c(F)c(F)c2F)c(F)c1F.N#CCC(=O)c1ccc2ccccc2[n+]1CC(=O)c1ccccc1. The predicted molar refractivity (Wildman–Crippen MR) is 199 cm³/mol. The van der Waals surface area contributed by atoms with Crippen molar-refractivity contribution in [3.63, 3.8) is 0 Å². The summed E-state index contributed by atoms with van der Waals surface area (Å²) >= 11 is 0. The monoisotopic (exact) mass is 994 g/mol. The standard InChI is InChI=1S/C24BF20.C20H15N2O2/c26-5-1(6(27)14(35)21(42)13(5)34)25(2-7(28)15(36)22(43)16(37)8(2)29,3-9(30)17(38)23(44)18(39)10(3)31)4-11(32)19(40)24(45)20(41)12(4)33;21-13-12-19(23)18-11-10-15-6-4-5-9-17(15)22(18)14-20(24)16-7-2-1-3-8-16/h;1-11H,12,14H2/q-1;+1. The van der Waals surface area contributed by atoms with Gasteiger partial charge in [-0.05, 0) is 12.1 Å². The van der Waals surface area contributed by atoms with Crippen molar-refractivity contribution in [2.45, 2.75) is 13.0 Å². The maximum absolute atomic E-state index is 15.4. The largest absolute Gasteiger partial charge is 0.287 e. The summed E-state index contributed by atoms with van der Waals surface area (Å²) in [6, 6.07) is 21.9. The van der Waals surface area contributed by atoms with E-state index < -0.39 is 144 Å². The van der Waals surface area contributed by atoms with E-state index in [1.165, 1.54) is 0 Å². The smallest absolute Gasteiger partial charge is 0.250 e. The van der Waals surface area contributed by atoms with Crippen molar-refractivity contribution in [2.24, 2.45) is 0 Å². The lowest BCUT2D eigenvalue weighted by atomic mass is 9.12. The topological polar surface area (TPSA) is 61.8 Å². The van der Waals surface area contributed by atoms with Crippen molar-refractivity contribution in [1.29, 1.82) is 5.26 Å². The molecule has 7 rings (SSSR count). The molecule has 0 unspecified atom stereocenters. The highest BCUT2D eigenvalue weighted by atomic mass is 19.2. The lowest BCUT2D eigenvalue weighted by Crippen LogP contribution is -2.81. The molecule has 356 valence electrons. The Kier molecular flexibility index (Phi) is 14.0. The van der Waals surface area contributed by atoms with Crippen LogP contribution in [-0.2, 0) is 6.54 Å². The molecule has 0 bridgehead atoms. The van der Waals surface area contributed by atoms with Gasteiger partial charge in [0.1, 0.15) is 59.1 Å². The highest BCUT2D eigenvalue weighted by Crippen LogP contribution is 2.31. The zero-order valence-electron chi connectivity index (χ0n) is 33.1. The van der Waals surface area contributed by atoms with Gasteiger partial charge in [0.05, 0.1) is 6.07 Å². The van der Waals surface area contributed by atoms with Crippen molar-refractivity contribution < 1.29 is 102 Å². The minimum atomic E-state index is -7.22. The molecule has 1 aromatic heterocycles. The third kappa shape index (κ3) is 8.05. The number of carbonyl (C=O) groups excluding carboxylic acids is 2. The van der Waals surface area contributed by atoms with E-state index in [9.17, 15) is 62.3 Å². The Labute approximate surface area is 370 Å². The Morgan fingerprint density at radius 3 is 1.03 bits per heavy atom. The zero-order chi connectivity index (χ0) is 51.3. The van der Waals surface area contributed by atoms with E-state index in [0.29, 0.717) is 11.3 Å². The van der Waals surface area contributed by atoms with Gasteiger partial charge in [-0.1, -0.05) is 42.5 Å². The number of fused-ring (bicyclic) bond motifs is 1. The first-order valence-electron chi connectivity index (χ1n) is 18.5. The van der Waals surface area contributed by atoms with Gasteiger partial charge in [-0.2, -0.15) is 9.83 Å². The molecule has 0 aliphatic rings. The van der Waals surface area contributed by atoms with Gasteiger partial charge >= 0.3 is 0 Å². The van der Waals surface area contributed by atoms with Gasteiger partial charge in [-0.15, -0.1) is 21.9 Å². The van der Waals surface area contributed by atoms with Crippen LogP contribution in [0.2, 0.25) is 0 Å². The predicted octanol–water partition coefficient (Wildman–Crippen LogP) is 8.95. The van der Waals surface area contributed by atoms with Gasteiger partial charge in [-0.25, -0.2) is 87.8 Å². The van der Waals surface area contributed by atoms with Crippen LogP contribution < -0.4 is 26.4 Å². The summed E-state index contributed by atoms with van der Waals surface area (Å²) in [5.41, 5.74) is -12.6. The number of aromatic nitrogens is 1. The Morgan fingerprint density at radius 2 is 0.696 bits per heavy atom. The first kappa shape index (κ1) is 50.6. The van der Waals surface area contributed by atoms with Crippen LogP contribution in [0.1, 0.15) is 27.3 Å². The number of nitriles is 1. The highest BCUT2D eigenvalue weighted by Gasteiger charge is 2.52. The molecule has 0 aliphatic carbocycles. The maximum atomic E-state index is 15.4. The molecule has 6 aromatic carbocycles. The van der Waals surface area contributed by atoms with Crippen molar-refractivity contribution in [3.05, 3.63) is 194 Å². The molecule has 0 fully saturated rings. The molecular weight excluding hydrogens is 979 g/mol. The molecule has 0 atom stereocenters. The number of hydrogen-bond donors (Lipinski definition) is 0. The minimum absolute atomic E-state index is 0.0534. The second-order valence-corrected chi connectivity index (χ2v) is 14.2. The molecule has 0 saturated heterocycles. The van der Waals surface area contributed by atoms with Crippen molar-refractivity contribution >= 4 is 50.5 Å². The molecule has 0 N–H and O–H groups in total. The molecule has 1 heterocycles. The van der Waals surface area contributed by atoms with Crippen LogP contribution in [0.5, 0.6) is 0 Å². The van der Waals surface area contributed by atoms with Crippen LogP contribution >= 0.6 is 0 Å². The summed E-state index contributed by atoms with van der Waals surface area (Å²) < 4.78 is 296. The van der Waals surface area contributed by atoms with Crippen molar-refractivity contribution in [1.82, 2.24) is 0 Å². The van der Waals surface area contributed by atoms with E-state index in [1.54, 1.807) is 22.8 Å². The Bertz CT molecular complexity index is 2960. The molecule has 7 aromatic rings. The quantitative estimate of drug-likeness (QED) is 0.0363. The Hall–Kier alpha value is -7.78. The van der Waals surface area contributed by atoms with Gasteiger partial charge in [0.15, 0.2) is 69.8 Å². The summed E-state index contributed by atoms with van der Waals surface area (Å²) in [7, 11) is 0. The number of rotatable bonds is 9. The number of hydrogen-bond acceptors (Lipinski definition) is 3. The summed E-state index contributed by atoms with van der Waals surface area (Å²) in [4.78, 5) is 24.9. The van der Waals surface area contributed by atoms with Crippen LogP contribution in [0.25, 0.3) is 10.9 Å². The van der Waals surface area contributed by atoms with Gasteiger partial charge in [-0.3, -0.25) is 9.59 Å². The molecule has 25 heteroatoms. The maximum Gasteiger partial charge on any atom is 0.250 e. The Balaban J connectivity index is 0.000000273. The number of para-hydroxylation sites is 1. The number of halogens is 20. The molecule has 0 amide bonds. The van der Waals surface area contributed by atoms with Gasteiger partial charge in [0.2, 0.25) is 23.6 Å². The normalized spacial score (nSPS) is 11.4. The number of pyridine rings is 1. The van der Waals surface area contributed by atoms with Crippen LogP contribution in [0.15, 0.2) is 66.7 Å². The fourth-order valence-electron chi connectivity index (χ4n) is 7.57. The number of Topliss-reactive ketones (excluding diaryl/α,β-unsaturated/α-hetero) is 2. The first-order valence-corrected chi connectivity index (χ1v) is 18.5. The first-order chi connectivity index (χ1) is 32.4. The zero-order valence-corrected chi connectivity index (χ0v) is 33.1. The average Bonchev–Trinajstić information content (AvgIpc) is 3.34. The number of carbonyl (C=O) groups is 2. The second kappa shape index (κ2) is 19.1. The lowest BCUT2D eigenvalue weighted by molar-refractivity contribution is -0.659. The van der Waals surface area contributed by atoms with Gasteiger partial charge < -0.3 is 0 Å². The molecule has 0 spiro atoms. The van der Waals surface area contributed by atoms with E-state index in [1.807, 2.05) is 54.6 Å². The lowest BCUT2D eigenvalue weighted by Gasteiger charge is -2.44. The molecule has 0 aliphatic heterocycles.